The lowest BCUT2D eigenvalue weighted by Crippen LogP contribution is -2.66. The van der Waals surface area contributed by atoms with E-state index in [0.29, 0.717) is 0 Å². The highest BCUT2D eigenvalue weighted by molar-refractivity contribution is 5.80. The molecule has 0 radical (unpaired) electrons. The van der Waals surface area contributed by atoms with Crippen LogP contribution in [-0.2, 0) is 52.5 Å². The van der Waals surface area contributed by atoms with Gasteiger partial charge >= 0.3 is 29.8 Å². The van der Waals surface area contributed by atoms with Gasteiger partial charge in [-0.3, -0.25) is 28.8 Å². The number of carbonyl (C=O) groups excluding carboxylic acids is 5. The first-order valence-electron chi connectivity index (χ1n) is 9.22. The first kappa shape index (κ1) is 25.8. The molecule has 0 unspecified atom stereocenters. The van der Waals surface area contributed by atoms with Crippen LogP contribution in [0, 0.1) is 0 Å². The zero-order chi connectivity index (χ0) is 23.7. The number of hydrogen-bond acceptors (Lipinski definition) is 11. The second-order valence-electron chi connectivity index (χ2n) is 6.58. The first-order chi connectivity index (χ1) is 14.4. The molecule has 0 aromatic carbocycles. The summed E-state index contributed by atoms with van der Waals surface area (Å²) >= 11 is 0. The summed E-state index contributed by atoms with van der Waals surface area (Å²) in [5.74, 6) is -5.08. The number of carboxylic acid groups (broad SMARTS) is 1. The lowest BCUT2D eigenvalue weighted by molar-refractivity contribution is -0.257. The Hall–Kier alpha value is -3.22. The van der Waals surface area contributed by atoms with E-state index in [1.807, 2.05) is 0 Å². The SMILES string of the molecule is CC(=O)OC[C@H]1O[C@@H](NC(=O)CCC(=O)O)[C@H](OC(C)=O)[C@@H](OC(C)=O)[C@@H]1OC(C)=O. The summed E-state index contributed by atoms with van der Waals surface area (Å²) in [4.78, 5) is 69.0. The summed E-state index contributed by atoms with van der Waals surface area (Å²) < 4.78 is 26.1. The van der Waals surface area contributed by atoms with Crippen LogP contribution in [0.2, 0.25) is 0 Å². The highest BCUT2D eigenvalue weighted by Crippen LogP contribution is 2.28. The Labute approximate surface area is 177 Å². The molecule has 13 nitrogen and oxygen atoms in total. The van der Waals surface area contributed by atoms with Gasteiger partial charge in [0, 0.05) is 34.1 Å². The van der Waals surface area contributed by atoms with Gasteiger partial charge in [0.1, 0.15) is 12.7 Å². The molecule has 1 rings (SSSR count). The number of ether oxygens (including phenoxy) is 5. The first-order valence-corrected chi connectivity index (χ1v) is 9.22. The number of carboxylic acids is 1. The third-order valence-corrected chi connectivity index (χ3v) is 3.86. The zero-order valence-corrected chi connectivity index (χ0v) is 17.4. The average Bonchev–Trinajstić information content (AvgIpc) is 2.62. The van der Waals surface area contributed by atoms with Crippen LogP contribution in [-0.4, -0.2) is 78.1 Å². The molecule has 13 heteroatoms. The van der Waals surface area contributed by atoms with Gasteiger partial charge in [0.05, 0.1) is 6.42 Å². The maximum absolute atomic E-state index is 12.1. The number of nitrogens with one attached hydrogen (secondary N) is 1. The molecule has 0 aromatic rings. The van der Waals surface area contributed by atoms with Crippen molar-refractivity contribution in [3.63, 3.8) is 0 Å². The molecule has 174 valence electrons. The van der Waals surface area contributed by atoms with E-state index in [9.17, 15) is 28.8 Å². The predicted molar refractivity (Wildman–Crippen MR) is 97.0 cm³/mol. The maximum Gasteiger partial charge on any atom is 0.303 e. The maximum atomic E-state index is 12.1. The molecule has 31 heavy (non-hydrogen) atoms. The third-order valence-electron chi connectivity index (χ3n) is 3.86. The van der Waals surface area contributed by atoms with E-state index >= 15 is 0 Å². The monoisotopic (exact) mass is 447 g/mol. The summed E-state index contributed by atoms with van der Waals surface area (Å²) in [6.07, 6.45) is -7.76. The minimum absolute atomic E-state index is 0.414. The van der Waals surface area contributed by atoms with Gasteiger partial charge in [-0.15, -0.1) is 0 Å². The highest BCUT2D eigenvalue weighted by atomic mass is 16.7. The second kappa shape index (κ2) is 11.8. The molecule has 0 saturated carbocycles. The van der Waals surface area contributed by atoms with Crippen LogP contribution in [0.15, 0.2) is 0 Å². The molecular weight excluding hydrogens is 422 g/mol. The fourth-order valence-electron chi connectivity index (χ4n) is 2.80. The van der Waals surface area contributed by atoms with Crippen LogP contribution in [0.25, 0.3) is 0 Å². The highest BCUT2D eigenvalue weighted by Gasteiger charge is 2.52. The predicted octanol–water partition coefficient (Wildman–Crippen LogP) is -0.949. The number of rotatable bonds is 9. The molecule has 1 aliphatic rings. The smallest absolute Gasteiger partial charge is 0.303 e. The molecule has 1 saturated heterocycles. The molecule has 1 heterocycles. The Morgan fingerprint density at radius 1 is 0.774 bits per heavy atom. The van der Waals surface area contributed by atoms with Crippen molar-refractivity contribution >= 4 is 35.8 Å². The topological polar surface area (TPSA) is 181 Å². The molecule has 5 atom stereocenters. The summed E-state index contributed by atoms with van der Waals surface area (Å²) in [7, 11) is 0. The molecule has 0 spiro atoms. The molecule has 1 fully saturated rings. The van der Waals surface area contributed by atoms with E-state index < -0.39 is 85.8 Å². The van der Waals surface area contributed by atoms with Crippen molar-refractivity contribution in [2.45, 2.75) is 71.2 Å². The van der Waals surface area contributed by atoms with Crippen molar-refractivity contribution in [2.75, 3.05) is 6.61 Å². The van der Waals surface area contributed by atoms with Crippen LogP contribution in [0.1, 0.15) is 40.5 Å². The van der Waals surface area contributed by atoms with Crippen molar-refractivity contribution in [3.8, 4) is 0 Å². The van der Waals surface area contributed by atoms with E-state index in [0.717, 1.165) is 27.7 Å². The summed E-state index contributed by atoms with van der Waals surface area (Å²) in [6, 6.07) is 0. The average molecular weight is 447 g/mol. The minimum Gasteiger partial charge on any atom is -0.481 e. The Balaban J connectivity index is 3.27. The Bertz CT molecular complexity index is 720. The van der Waals surface area contributed by atoms with Gasteiger partial charge in [-0.05, 0) is 0 Å². The quantitative estimate of drug-likeness (QED) is 0.327. The van der Waals surface area contributed by atoms with Crippen molar-refractivity contribution in [1.82, 2.24) is 5.32 Å². The molecule has 0 aromatic heterocycles. The lowest BCUT2D eigenvalue weighted by atomic mass is 9.97. The van der Waals surface area contributed by atoms with Crippen molar-refractivity contribution < 1.29 is 57.6 Å². The van der Waals surface area contributed by atoms with Crippen molar-refractivity contribution in [1.29, 1.82) is 0 Å². The number of hydrogen-bond donors (Lipinski definition) is 2. The number of esters is 4. The molecule has 1 aliphatic heterocycles. The van der Waals surface area contributed by atoms with Gasteiger partial charge < -0.3 is 34.1 Å². The van der Waals surface area contributed by atoms with E-state index in [1.54, 1.807) is 0 Å². The van der Waals surface area contributed by atoms with Crippen molar-refractivity contribution in [2.24, 2.45) is 0 Å². The molecule has 2 N–H and O–H groups in total. The Morgan fingerprint density at radius 2 is 1.29 bits per heavy atom. The van der Waals surface area contributed by atoms with Gasteiger partial charge in [0.25, 0.3) is 0 Å². The van der Waals surface area contributed by atoms with Crippen molar-refractivity contribution in [3.05, 3.63) is 0 Å². The normalized spacial score (nSPS) is 25.0. The van der Waals surface area contributed by atoms with Gasteiger partial charge in [0.15, 0.2) is 24.5 Å². The third kappa shape index (κ3) is 8.99. The molecular formula is C18H25NO12. The number of carbonyl (C=O) groups is 6. The van der Waals surface area contributed by atoms with Crippen LogP contribution in [0.4, 0.5) is 0 Å². The van der Waals surface area contributed by atoms with Crippen LogP contribution < -0.4 is 5.32 Å². The standard InChI is InChI=1S/C18H25NO12/c1-8(20)27-7-12-15(28-9(2)21)16(29-10(3)22)17(30-11(4)23)18(31-12)19-13(24)5-6-14(25)26/h12,15-18H,5-7H2,1-4H3,(H,19,24)(H,25,26)/t12-,15-,16+,17-,18-/m1/s1. The zero-order valence-electron chi connectivity index (χ0n) is 17.4. The fraction of sp³-hybridized carbons (Fsp3) is 0.667. The van der Waals surface area contributed by atoms with E-state index in [1.165, 1.54) is 0 Å². The molecule has 1 amide bonds. The Kier molecular flexibility index (Phi) is 9.86. The number of amides is 1. The van der Waals surface area contributed by atoms with Crippen LogP contribution in [0.3, 0.4) is 0 Å². The largest absolute Gasteiger partial charge is 0.481 e. The summed E-state index contributed by atoms with van der Waals surface area (Å²) in [6.45, 7) is 3.88. The lowest BCUT2D eigenvalue weighted by Gasteiger charge is -2.44. The second-order valence-corrected chi connectivity index (χ2v) is 6.58. The summed E-state index contributed by atoms with van der Waals surface area (Å²) in [5.41, 5.74) is 0. The van der Waals surface area contributed by atoms with Gasteiger partial charge in [-0.25, -0.2) is 0 Å². The van der Waals surface area contributed by atoms with E-state index in [4.69, 9.17) is 28.8 Å². The van der Waals surface area contributed by atoms with Crippen LogP contribution >= 0.6 is 0 Å². The Morgan fingerprint density at radius 3 is 1.77 bits per heavy atom. The minimum atomic E-state index is -1.45. The molecule has 0 aliphatic carbocycles. The van der Waals surface area contributed by atoms with Crippen LogP contribution in [0.5, 0.6) is 0 Å². The fourth-order valence-corrected chi connectivity index (χ4v) is 2.80. The molecule has 0 bridgehead atoms. The van der Waals surface area contributed by atoms with E-state index in [-0.39, 0.29) is 0 Å². The van der Waals surface area contributed by atoms with Gasteiger partial charge in [0.2, 0.25) is 5.91 Å². The summed E-state index contributed by atoms with van der Waals surface area (Å²) in [5, 5.41) is 11.1. The van der Waals surface area contributed by atoms with E-state index in [2.05, 4.69) is 5.32 Å². The number of aliphatic carboxylic acids is 1. The van der Waals surface area contributed by atoms with Gasteiger partial charge in [-0.1, -0.05) is 0 Å². The van der Waals surface area contributed by atoms with Gasteiger partial charge in [-0.2, -0.15) is 0 Å².